The minimum absolute atomic E-state index is 0.476. The van der Waals surface area contributed by atoms with E-state index in [0.29, 0.717) is 0 Å². The normalized spacial score (nSPS) is 11.8. The summed E-state index contributed by atoms with van der Waals surface area (Å²) < 4.78 is 1.95. The van der Waals surface area contributed by atoms with Crippen LogP contribution in [0.5, 0.6) is 0 Å². The molecule has 0 saturated heterocycles. The van der Waals surface area contributed by atoms with Gasteiger partial charge in [0.2, 0.25) is 0 Å². The van der Waals surface area contributed by atoms with Crippen molar-refractivity contribution in [2.24, 2.45) is 7.05 Å². The molecule has 4 nitrogen and oxygen atoms in total. The van der Waals surface area contributed by atoms with Gasteiger partial charge in [-0.25, -0.2) is 4.79 Å². The molecule has 1 amide bonds. The Morgan fingerprint density at radius 2 is 1.89 bits per heavy atom. The van der Waals surface area contributed by atoms with Gasteiger partial charge in [-0.05, 0) is 26.8 Å². The molecule has 0 saturated carbocycles. The number of nitrogens with zero attached hydrogens (tertiary/aromatic N) is 2. The van der Waals surface area contributed by atoms with E-state index in [0.717, 1.165) is 16.6 Å². The number of aryl methyl sites for hydroxylation is 1. The second-order valence-corrected chi connectivity index (χ2v) is 5.43. The number of amides is 1. The van der Waals surface area contributed by atoms with Gasteiger partial charge in [0.05, 0.1) is 5.69 Å². The minimum atomic E-state index is -0.932. The first kappa shape index (κ1) is 12.5. The zero-order chi connectivity index (χ0) is 13.5. The van der Waals surface area contributed by atoms with Crippen molar-refractivity contribution in [3.63, 3.8) is 0 Å². The highest BCUT2D eigenvalue weighted by Crippen LogP contribution is 2.32. The first-order chi connectivity index (χ1) is 8.32. The maximum atomic E-state index is 11.5. The molecule has 0 radical (unpaired) electrons. The first-order valence-corrected chi connectivity index (χ1v) is 5.89. The highest BCUT2D eigenvalue weighted by molar-refractivity contribution is 6.01. The number of fused-ring (bicyclic) bond motifs is 1. The van der Waals surface area contributed by atoms with Crippen molar-refractivity contribution in [3.8, 4) is 0 Å². The molecule has 0 fully saturated rings. The van der Waals surface area contributed by atoms with Gasteiger partial charge < -0.3 is 9.67 Å². The van der Waals surface area contributed by atoms with Crippen LogP contribution in [0.2, 0.25) is 0 Å². The molecule has 0 bridgehead atoms. The van der Waals surface area contributed by atoms with Crippen LogP contribution in [0.25, 0.3) is 10.9 Å². The van der Waals surface area contributed by atoms with Crippen LogP contribution in [0.4, 0.5) is 10.5 Å². The predicted octanol–water partition coefficient (Wildman–Crippen LogP) is 3.46. The van der Waals surface area contributed by atoms with Crippen molar-refractivity contribution in [1.82, 2.24) is 4.57 Å². The lowest BCUT2D eigenvalue weighted by Crippen LogP contribution is -2.45. The molecule has 1 aromatic carbocycles. The summed E-state index contributed by atoms with van der Waals surface area (Å²) in [6.07, 6.45) is 0.933. The summed E-state index contributed by atoms with van der Waals surface area (Å²) in [5, 5.41) is 10.4. The van der Waals surface area contributed by atoms with Crippen LogP contribution in [-0.2, 0) is 7.05 Å². The Kier molecular flexibility index (Phi) is 2.81. The van der Waals surface area contributed by atoms with Crippen LogP contribution >= 0.6 is 0 Å². The number of carboxylic acid groups (broad SMARTS) is 1. The fourth-order valence-electron chi connectivity index (χ4n) is 2.25. The Labute approximate surface area is 106 Å². The molecule has 0 aliphatic heterocycles. The lowest BCUT2D eigenvalue weighted by atomic mass is 10.1. The van der Waals surface area contributed by atoms with Gasteiger partial charge in [0.25, 0.3) is 0 Å². The Hall–Kier alpha value is -1.97. The lowest BCUT2D eigenvalue weighted by Gasteiger charge is -2.32. The van der Waals surface area contributed by atoms with Crippen molar-refractivity contribution < 1.29 is 9.90 Å². The SMILES string of the molecule is Cn1cc(N(C(=O)O)C(C)(C)C)c2ccccc21. The van der Waals surface area contributed by atoms with E-state index in [4.69, 9.17) is 0 Å². The zero-order valence-corrected chi connectivity index (χ0v) is 11.1. The van der Waals surface area contributed by atoms with E-state index >= 15 is 0 Å². The van der Waals surface area contributed by atoms with E-state index in [1.165, 1.54) is 4.90 Å². The van der Waals surface area contributed by atoms with Crippen molar-refractivity contribution in [3.05, 3.63) is 30.5 Å². The summed E-state index contributed by atoms with van der Waals surface area (Å²) in [6, 6.07) is 7.82. The van der Waals surface area contributed by atoms with Crippen molar-refractivity contribution in [1.29, 1.82) is 0 Å². The number of benzene rings is 1. The number of rotatable bonds is 1. The van der Waals surface area contributed by atoms with E-state index in [2.05, 4.69) is 0 Å². The molecular formula is C14H18N2O2. The molecule has 1 aromatic heterocycles. The van der Waals surface area contributed by atoms with E-state index in [1.807, 2.05) is 62.8 Å². The molecule has 0 spiro atoms. The molecule has 18 heavy (non-hydrogen) atoms. The van der Waals surface area contributed by atoms with Crippen LogP contribution in [0.15, 0.2) is 30.5 Å². The van der Waals surface area contributed by atoms with Crippen LogP contribution < -0.4 is 4.90 Å². The van der Waals surface area contributed by atoms with Crippen molar-refractivity contribution >= 4 is 22.7 Å². The summed E-state index contributed by atoms with van der Waals surface area (Å²) in [4.78, 5) is 12.9. The fourth-order valence-corrected chi connectivity index (χ4v) is 2.25. The molecular weight excluding hydrogens is 228 g/mol. The van der Waals surface area contributed by atoms with E-state index in [-0.39, 0.29) is 0 Å². The summed E-state index contributed by atoms with van der Waals surface area (Å²) in [6.45, 7) is 5.68. The quantitative estimate of drug-likeness (QED) is 0.837. The molecule has 96 valence electrons. The fraction of sp³-hybridized carbons (Fsp3) is 0.357. The number of anilines is 1. The van der Waals surface area contributed by atoms with Gasteiger partial charge in [0.1, 0.15) is 0 Å². The Morgan fingerprint density at radius 3 is 2.44 bits per heavy atom. The van der Waals surface area contributed by atoms with E-state index in [1.54, 1.807) is 0 Å². The Bertz CT molecular complexity index is 593. The van der Waals surface area contributed by atoms with Crippen molar-refractivity contribution in [2.75, 3.05) is 4.90 Å². The largest absolute Gasteiger partial charge is 0.465 e. The zero-order valence-electron chi connectivity index (χ0n) is 11.1. The van der Waals surface area contributed by atoms with Crippen LogP contribution in [0, 0.1) is 0 Å². The second-order valence-electron chi connectivity index (χ2n) is 5.43. The Morgan fingerprint density at radius 1 is 1.28 bits per heavy atom. The van der Waals surface area contributed by atoms with E-state index in [9.17, 15) is 9.90 Å². The molecule has 0 aliphatic rings. The number of hydrogen-bond donors (Lipinski definition) is 1. The standard InChI is InChI=1S/C14H18N2O2/c1-14(2,3)16(13(17)18)12-9-15(4)11-8-6-5-7-10(11)12/h5-9H,1-4H3,(H,17,18). The molecule has 0 unspecified atom stereocenters. The average molecular weight is 246 g/mol. The molecule has 0 atom stereocenters. The van der Waals surface area contributed by atoms with Gasteiger partial charge in [-0.3, -0.25) is 4.90 Å². The molecule has 1 heterocycles. The topological polar surface area (TPSA) is 45.5 Å². The van der Waals surface area contributed by atoms with Gasteiger partial charge in [-0.15, -0.1) is 0 Å². The monoisotopic (exact) mass is 246 g/mol. The van der Waals surface area contributed by atoms with E-state index < -0.39 is 11.6 Å². The number of para-hydroxylation sites is 1. The third-order valence-electron chi connectivity index (χ3n) is 2.98. The van der Waals surface area contributed by atoms with Crippen LogP contribution in [-0.4, -0.2) is 21.3 Å². The molecule has 2 aromatic rings. The lowest BCUT2D eigenvalue weighted by molar-refractivity contribution is 0.196. The smallest absolute Gasteiger partial charge is 0.412 e. The van der Waals surface area contributed by atoms with Gasteiger partial charge in [0, 0.05) is 29.7 Å². The maximum absolute atomic E-state index is 11.5. The van der Waals surface area contributed by atoms with Crippen molar-refractivity contribution in [2.45, 2.75) is 26.3 Å². The average Bonchev–Trinajstić information content (AvgIpc) is 2.55. The van der Waals surface area contributed by atoms with Crippen LogP contribution in [0.1, 0.15) is 20.8 Å². The molecule has 1 N–H and O–H groups in total. The van der Waals surface area contributed by atoms with Gasteiger partial charge >= 0.3 is 6.09 Å². The summed E-state index contributed by atoms with van der Waals surface area (Å²) in [5.41, 5.74) is 1.28. The number of carbonyl (C=O) groups is 1. The summed E-state index contributed by atoms with van der Waals surface area (Å²) in [7, 11) is 1.93. The highest BCUT2D eigenvalue weighted by atomic mass is 16.4. The summed E-state index contributed by atoms with van der Waals surface area (Å²) in [5.74, 6) is 0. The molecule has 4 heteroatoms. The molecule has 0 aliphatic carbocycles. The number of aromatic nitrogens is 1. The Balaban J connectivity index is 2.69. The first-order valence-electron chi connectivity index (χ1n) is 5.89. The van der Waals surface area contributed by atoms with Gasteiger partial charge in [0.15, 0.2) is 0 Å². The van der Waals surface area contributed by atoms with Gasteiger partial charge in [-0.1, -0.05) is 18.2 Å². The minimum Gasteiger partial charge on any atom is -0.465 e. The summed E-state index contributed by atoms with van der Waals surface area (Å²) >= 11 is 0. The second kappa shape index (κ2) is 4.05. The molecule has 2 rings (SSSR count). The third-order valence-corrected chi connectivity index (χ3v) is 2.98. The third kappa shape index (κ3) is 1.94. The van der Waals surface area contributed by atoms with Crippen LogP contribution in [0.3, 0.4) is 0 Å². The predicted molar refractivity (Wildman–Crippen MR) is 73.2 cm³/mol. The maximum Gasteiger partial charge on any atom is 0.412 e. The van der Waals surface area contributed by atoms with Gasteiger partial charge in [-0.2, -0.15) is 0 Å². The highest BCUT2D eigenvalue weighted by Gasteiger charge is 2.30. The number of hydrogen-bond acceptors (Lipinski definition) is 1.